The Morgan fingerprint density at radius 1 is 1.07 bits per heavy atom. The molecule has 12 heteroatoms. The number of carbonyl (C=O) groups is 3. The summed E-state index contributed by atoms with van der Waals surface area (Å²) in [5.74, 6) is -2.42. The van der Waals surface area contributed by atoms with Crippen molar-refractivity contribution >= 4 is 40.9 Å². The van der Waals surface area contributed by atoms with Crippen LogP contribution < -0.4 is 0 Å². The van der Waals surface area contributed by atoms with Crippen molar-refractivity contribution in [3.63, 3.8) is 0 Å². The van der Waals surface area contributed by atoms with Crippen molar-refractivity contribution < 1.29 is 32.7 Å². The van der Waals surface area contributed by atoms with Crippen LogP contribution in [0.25, 0.3) is 0 Å². The number of hydrogen-bond acceptors (Lipinski definition) is 4. The van der Waals surface area contributed by atoms with E-state index in [1.54, 1.807) is 6.07 Å². The van der Waals surface area contributed by atoms with Crippen LogP contribution in [0.4, 0.5) is 13.2 Å². The fourth-order valence-corrected chi connectivity index (χ4v) is 7.50. The van der Waals surface area contributed by atoms with Gasteiger partial charge < -0.3 is 10.0 Å². The van der Waals surface area contributed by atoms with E-state index < -0.39 is 59.6 Å². The largest absolute Gasteiger partial charge is 0.481 e. The Balaban J connectivity index is 1.47. The molecule has 3 aliphatic rings. The van der Waals surface area contributed by atoms with E-state index in [1.165, 1.54) is 17.0 Å². The molecule has 40 heavy (non-hydrogen) atoms. The third-order valence-electron chi connectivity index (χ3n) is 9.28. The highest BCUT2D eigenvalue weighted by Crippen LogP contribution is 2.67. The van der Waals surface area contributed by atoms with E-state index in [2.05, 4.69) is 18.9 Å². The number of nitrogens with zero attached hydrogens (tertiary/aromatic N) is 3. The second-order valence-electron chi connectivity index (χ2n) is 11.8. The van der Waals surface area contributed by atoms with Crippen LogP contribution in [0.15, 0.2) is 24.4 Å². The number of halogens is 5. The molecule has 3 atom stereocenters. The molecule has 1 aromatic carbocycles. The number of carboxylic acids is 1. The van der Waals surface area contributed by atoms with Gasteiger partial charge in [-0.25, -0.2) is 0 Å². The lowest BCUT2D eigenvalue weighted by atomic mass is 9.86. The topological polar surface area (TPSA) is 92.5 Å². The number of ketones is 1. The highest BCUT2D eigenvalue weighted by Gasteiger charge is 2.63. The SMILES string of the molecule is CC1(C)[C@@H]2C[C@H](N(CC(=O)c3c(Cl)cccc3Cl)C(=O)c3cnn(C4CCC(C(=O)O)CC4)c3C(F)(F)F)C[C@@H]21. The van der Waals surface area contributed by atoms with E-state index in [1.807, 2.05) is 0 Å². The maximum atomic E-state index is 14.5. The molecule has 0 spiro atoms. The number of Topliss-reactive ketones (excluding diaryl/α,β-unsaturated/α-hetero) is 1. The summed E-state index contributed by atoms with van der Waals surface area (Å²) in [7, 11) is 0. The average Bonchev–Trinajstić information content (AvgIpc) is 3.31. The van der Waals surface area contributed by atoms with Gasteiger partial charge in [-0.2, -0.15) is 18.3 Å². The van der Waals surface area contributed by atoms with Gasteiger partial charge in [-0.3, -0.25) is 19.1 Å². The first-order valence-electron chi connectivity index (χ1n) is 13.4. The van der Waals surface area contributed by atoms with Gasteiger partial charge in [-0.1, -0.05) is 43.1 Å². The van der Waals surface area contributed by atoms with Crippen molar-refractivity contribution in [3.8, 4) is 0 Å². The number of hydrogen-bond donors (Lipinski definition) is 1. The molecule has 5 rings (SSSR count). The van der Waals surface area contributed by atoms with E-state index in [4.69, 9.17) is 23.2 Å². The zero-order chi connectivity index (χ0) is 29.1. The Hall–Kier alpha value is -2.59. The standard InChI is InChI=1S/C28H30Cl2F3N3O4/c1-27(2)18-10-16(11-19(18)27)35(13-22(37)23-20(29)4-3-5-21(23)30)25(38)17-12-34-36(24(17)28(31,32)33)15-8-6-14(7-9-15)26(39)40/h3-5,12,14-16,18-19H,6-11,13H2,1-2H3,(H,39,40)/t14?,15?,16-,18+,19-. The first-order valence-corrected chi connectivity index (χ1v) is 14.1. The van der Waals surface area contributed by atoms with Gasteiger partial charge in [-0.15, -0.1) is 0 Å². The first-order chi connectivity index (χ1) is 18.7. The third-order valence-corrected chi connectivity index (χ3v) is 9.91. The summed E-state index contributed by atoms with van der Waals surface area (Å²) in [5, 5.41) is 13.5. The molecule has 1 aromatic heterocycles. The fourth-order valence-electron chi connectivity index (χ4n) is 6.90. The van der Waals surface area contributed by atoms with Gasteiger partial charge in [0.2, 0.25) is 0 Å². The predicted molar refractivity (Wildman–Crippen MR) is 141 cm³/mol. The maximum Gasteiger partial charge on any atom is 0.433 e. The lowest BCUT2D eigenvalue weighted by Crippen LogP contribution is -2.44. The molecule has 0 bridgehead atoms. The van der Waals surface area contributed by atoms with Crippen LogP contribution in [-0.4, -0.2) is 50.0 Å². The van der Waals surface area contributed by atoms with Crippen molar-refractivity contribution in [2.75, 3.05) is 6.54 Å². The minimum absolute atomic E-state index is 0.0223. The van der Waals surface area contributed by atoms with Gasteiger partial charge in [0.15, 0.2) is 11.5 Å². The first kappa shape index (κ1) is 28.9. The Morgan fingerprint density at radius 2 is 1.65 bits per heavy atom. The highest BCUT2D eigenvalue weighted by molar-refractivity contribution is 6.40. The summed E-state index contributed by atoms with van der Waals surface area (Å²) in [6, 6.07) is 3.45. The molecule has 2 aromatic rings. The van der Waals surface area contributed by atoms with Crippen LogP contribution in [0.5, 0.6) is 0 Å². The summed E-state index contributed by atoms with van der Waals surface area (Å²) in [6.45, 7) is 3.79. The molecular formula is C28H30Cl2F3N3O4. The number of benzene rings is 1. The number of carbonyl (C=O) groups excluding carboxylic acids is 2. The molecule has 3 saturated carbocycles. The van der Waals surface area contributed by atoms with Gasteiger partial charge in [0.05, 0.1) is 45.9 Å². The Kier molecular flexibility index (Phi) is 7.48. The summed E-state index contributed by atoms with van der Waals surface area (Å²) in [4.78, 5) is 39.9. The second kappa shape index (κ2) is 10.4. The quantitative estimate of drug-likeness (QED) is 0.354. The van der Waals surface area contributed by atoms with Gasteiger partial charge in [0.1, 0.15) is 0 Å². The van der Waals surface area contributed by atoms with Crippen LogP contribution in [0.2, 0.25) is 10.0 Å². The Bertz CT molecular complexity index is 1320. The fraction of sp³-hybridized carbons (Fsp3) is 0.571. The van der Waals surface area contributed by atoms with Gasteiger partial charge in [0.25, 0.3) is 5.91 Å². The molecular weight excluding hydrogens is 570 g/mol. The van der Waals surface area contributed by atoms with E-state index in [-0.39, 0.29) is 46.7 Å². The van der Waals surface area contributed by atoms with E-state index >= 15 is 0 Å². The van der Waals surface area contributed by atoms with E-state index in [0.717, 1.165) is 10.9 Å². The molecule has 216 valence electrons. The minimum Gasteiger partial charge on any atom is -0.481 e. The highest BCUT2D eigenvalue weighted by atomic mass is 35.5. The van der Waals surface area contributed by atoms with Crippen LogP contribution >= 0.6 is 23.2 Å². The van der Waals surface area contributed by atoms with Crippen LogP contribution in [0, 0.1) is 23.2 Å². The number of aliphatic carboxylic acids is 1. The maximum absolute atomic E-state index is 14.5. The molecule has 0 unspecified atom stereocenters. The molecule has 7 nitrogen and oxygen atoms in total. The number of alkyl halides is 3. The smallest absolute Gasteiger partial charge is 0.433 e. The molecule has 0 saturated heterocycles. The summed E-state index contributed by atoms with van der Waals surface area (Å²) >= 11 is 12.5. The van der Waals surface area contributed by atoms with Gasteiger partial charge in [0, 0.05) is 6.04 Å². The molecule has 1 N–H and O–H groups in total. The normalized spacial score (nSPS) is 27.2. The van der Waals surface area contributed by atoms with Crippen LogP contribution in [-0.2, 0) is 11.0 Å². The van der Waals surface area contributed by atoms with Gasteiger partial charge in [-0.05, 0) is 67.9 Å². The third kappa shape index (κ3) is 5.13. The predicted octanol–water partition coefficient (Wildman–Crippen LogP) is 6.78. The zero-order valence-electron chi connectivity index (χ0n) is 22.0. The van der Waals surface area contributed by atoms with Crippen LogP contribution in [0.1, 0.15) is 84.8 Å². The summed E-state index contributed by atoms with van der Waals surface area (Å²) < 4.78 is 44.3. The van der Waals surface area contributed by atoms with Crippen molar-refractivity contribution in [1.29, 1.82) is 0 Å². The number of carboxylic acid groups (broad SMARTS) is 1. The van der Waals surface area contributed by atoms with Crippen molar-refractivity contribution in [3.05, 3.63) is 51.3 Å². The van der Waals surface area contributed by atoms with Gasteiger partial charge >= 0.3 is 12.1 Å². The second-order valence-corrected chi connectivity index (χ2v) is 12.6. The molecule has 1 amide bonds. The van der Waals surface area contributed by atoms with E-state index in [0.29, 0.717) is 24.7 Å². The molecule has 1 heterocycles. The van der Waals surface area contributed by atoms with E-state index in [9.17, 15) is 32.7 Å². The minimum atomic E-state index is -4.90. The molecule has 0 radical (unpaired) electrons. The van der Waals surface area contributed by atoms with Crippen molar-refractivity contribution in [2.24, 2.45) is 23.2 Å². The van der Waals surface area contributed by atoms with Crippen LogP contribution in [0.3, 0.4) is 0 Å². The zero-order valence-corrected chi connectivity index (χ0v) is 23.6. The molecule has 0 aliphatic heterocycles. The molecule has 3 aliphatic carbocycles. The van der Waals surface area contributed by atoms with Crippen molar-refractivity contribution in [2.45, 2.75) is 70.6 Å². The monoisotopic (exact) mass is 599 g/mol. The number of fused-ring (bicyclic) bond motifs is 1. The van der Waals surface area contributed by atoms with Crippen molar-refractivity contribution in [1.82, 2.24) is 14.7 Å². The average molecular weight is 600 g/mol. The number of rotatable bonds is 7. The summed E-state index contributed by atoms with van der Waals surface area (Å²) in [6.07, 6.45) is -1.96. The Labute approximate surface area is 239 Å². The molecule has 3 fully saturated rings. The summed E-state index contributed by atoms with van der Waals surface area (Å²) in [5.41, 5.74) is -1.68. The lowest BCUT2D eigenvalue weighted by molar-refractivity contribution is -0.147. The Morgan fingerprint density at radius 3 is 2.17 bits per heavy atom. The number of amides is 1. The number of aromatic nitrogens is 2. The lowest BCUT2D eigenvalue weighted by Gasteiger charge is -2.32.